The number of hydrogen-bond acceptors (Lipinski definition) is 7. The second-order valence-corrected chi connectivity index (χ2v) is 6.89. The van der Waals surface area contributed by atoms with Crippen LogP contribution in [-0.4, -0.2) is 55.3 Å². The van der Waals surface area contributed by atoms with Crippen LogP contribution in [-0.2, 0) is 16.0 Å². The Morgan fingerprint density at radius 1 is 0.971 bits per heavy atom. The van der Waals surface area contributed by atoms with Gasteiger partial charge in [-0.25, -0.2) is 4.79 Å². The number of carboxylic acids is 1. The first-order chi connectivity index (χ1) is 16.4. The fourth-order valence-corrected chi connectivity index (χ4v) is 3.03. The molecule has 0 saturated heterocycles. The van der Waals surface area contributed by atoms with Crippen LogP contribution in [0.1, 0.15) is 21.6 Å². The number of nitrogens with zero attached hydrogens (tertiary/aromatic N) is 1. The summed E-state index contributed by atoms with van der Waals surface area (Å²) < 4.78 is 47.7. The Morgan fingerprint density at radius 3 is 2.03 bits per heavy atom. The molecule has 0 saturated carbocycles. The summed E-state index contributed by atoms with van der Waals surface area (Å²) in [6, 6.07) is 10.2. The lowest BCUT2D eigenvalue weighted by molar-refractivity contribution is -0.192. The lowest BCUT2D eigenvalue weighted by Crippen LogP contribution is -2.21. The number of pyridine rings is 1. The first-order valence-corrected chi connectivity index (χ1v) is 9.73. The fraction of sp³-hybridized carbons (Fsp3) is 0.217. The average molecular weight is 494 g/mol. The van der Waals surface area contributed by atoms with Gasteiger partial charge in [0.25, 0.3) is 0 Å². The molecule has 0 radical (unpaired) electrons. The topological polar surface area (TPSA) is 138 Å². The molecule has 0 atom stereocenters. The molecule has 9 nitrogen and oxygen atoms in total. The normalized spacial score (nSPS) is 10.7. The van der Waals surface area contributed by atoms with Gasteiger partial charge in [0.2, 0.25) is 11.7 Å². The Kier molecular flexibility index (Phi) is 8.59. The number of ketones is 1. The van der Waals surface area contributed by atoms with Crippen LogP contribution in [0.4, 0.5) is 13.2 Å². The number of rotatable bonds is 7. The van der Waals surface area contributed by atoms with Crippen molar-refractivity contribution in [2.75, 3.05) is 21.3 Å². The molecule has 1 aromatic heterocycles. The SMILES string of the molecule is COc1cccc(C(=O)c2ncc(CC(N)=O)c3cc(OC)c(OC)cc23)c1.O=C(O)C(F)(F)F. The van der Waals surface area contributed by atoms with Gasteiger partial charge in [0.1, 0.15) is 11.4 Å². The number of primary amides is 1. The Labute approximate surface area is 197 Å². The van der Waals surface area contributed by atoms with Gasteiger partial charge in [-0.1, -0.05) is 12.1 Å². The number of ether oxygens (including phenoxy) is 3. The van der Waals surface area contributed by atoms with E-state index in [9.17, 15) is 22.8 Å². The van der Waals surface area contributed by atoms with Gasteiger partial charge < -0.3 is 25.1 Å². The van der Waals surface area contributed by atoms with Gasteiger partial charge in [-0.3, -0.25) is 14.6 Å². The number of carboxylic acid groups (broad SMARTS) is 1. The Bertz CT molecular complexity index is 1260. The summed E-state index contributed by atoms with van der Waals surface area (Å²) in [5, 5.41) is 8.32. The predicted octanol–water partition coefficient (Wildman–Crippen LogP) is 3.15. The van der Waals surface area contributed by atoms with Crippen LogP contribution in [0.15, 0.2) is 42.6 Å². The number of carbonyl (C=O) groups excluding carboxylic acids is 2. The Morgan fingerprint density at radius 2 is 1.54 bits per heavy atom. The summed E-state index contributed by atoms with van der Waals surface area (Å²) in [6.07, 6.45) is -3.60. The molecule has 0 bridgehead atoms. The van der Waals surface area contributed by atoms with Gasteiger partial charge in [0.05, 0.1) is 27.8 Å². The predicted molar refractivity (Wildman–Crippen MR) is 118 cm³/mol. The number of halogens is 3. The van der Waals surface area contributed by atoms with Crippen molar-refractivity contribution in [3.8, 4) is 17.2 Å². The summed E-state index contributed by atoms with van der Waals surface area (Å²) in [5.41, 5.74) is 6.63. The van der Waals surface area contributed by atoms with Crippen LogP contribution in [0.5, 0.6) is 17.2 Å². The van der Waals surface area contributed by atoms with Gasteiger partial charge in [-0.15, -0.1) is 0 Å². The molecule has 0 spiro atoms. The largest absolute Gasteiger partial charge is 0.497 e. The maximum absolute atomic E-state index is 13.1. The molecule has 12 heteroatoms. The summed E-state index contributed by atoms with van der Waals surface area (Å²) in [7, 11) is 4.56. The highest BCUT2D eigenvalue weighted by Gasteiger charge is 2.38. The van der Waals surface area contributed by atoms with Gasteiger partial charge in [-0.2, -0.15) is 13.2 Å². The molecule has 0 aliphatic rings. The molecule has 0 aliphatic heterocycles. The highest BCUT2D eigenvalue weighted by Crippen LogP contribution is 2.35. The van der Waals surface area contributed by atoms with Crippen LogP contribution >= 0.6 is 0 Å². The van der Waals surface area contributed by atoms with E-state index in [1.165, 1.54) is 27.5 Å². The van der Waals surface area contributed by atoms with E-state index in [4.69, 9.17) is 29.8 Å². The zero-order valence-corrected chi connectivity index (χ0v) is 18.8. The molecule has 1 heterocycles. The van der Waals surface area contributed by atoms with Crippen molar-refractivity contribution in [3.05, 3.63) is 59.4 Å². The summed E-state index contributed by atoms with van der Waals surface area (Å²) >= 11 is 0. The zero-order valence-electron chi connectivity index (χ0n) is 18.8. The summed E-state index contributed by atoms with van der Waals surface area (Å²) in [6.45, 7) is 0. The molecule has 3 N–H and O–H groups in total. The monoisotopic (exact) mass is 494 g/mol. The van der Waals surface area contributed by atoms with E-state index in [0.717, 1.165) is 0 Å². The zero-order chi connectivity index (χ0) is 26.3. The standard InChI is InChI=1S/C21H20N2O5.C2HF3O2/c1-26-14-6-4-5-12(7-14)21(25)20-16-10-18(28-3)17(27-2)9-15(16)13(11-23-20)8-19(22)24;3-2(4,5)1(6)7/h4-7,9-11H,8H2,1-3H3,(H2,22,24);(H,6,7). The number of amides is 1. The van der Waals surface area contributed by atoms with Gasteiger partial charge in [0, 0.05) is 17.1 Å². The average Bonchev–Trinajstić information content (AvgIpc) is 2.82. The van der Waals surface area contributed by atoms with Crippen LogP contribution in [0.3, 0.4) is 0 Å². The highest BCUT2D eigenvalue weighted by molar-refractivity contribution is 6.16. The molecule has 3 aromatic rings. The van der Waals surface area contributed by atoms with Crippen LogP contribution in [0, 0.1) is 0 Å². The maximum Gasteiger partial charge on any atom is 0.490 e. The number of aliphatic carboxylic acids is 1. The fourth-order valence-electron chi connectivity index (χ4n) is 3.03. The molecule has 0 unspecified atom stereocenters. The minimum absolute atomic E-state index is 0.00733. The van der Waals surface area contributed by atoms with Crippen LogP contribution < -0.4 is 19.9 Å². The third-order valence-corrected chi connectivity index (χ3v) is 4.63. The number of nitrogens with two attached hydrogens (primary N) is 1. The van der Waals surface area contributed by atoms with Gasteiger partial charge >= 0.3 is 12.1 Å². The summed E-state index contributed by atoms with van der Waals surface area (Å²) in [4.78, 5) is 37.8. The second-order valence-electron chi connectivity index (χ2n) is 6.89. The number of hydrogen-bond donors (Lipinski definition) is 2. The quantitative estimate of drug-likeness (QED) is 0.478. The molecule has 1 amide bonds. The first-order valence-electron chi connectivity index (χ1n) is 9.73. The minimum atomic E-state index is -5.08. The van der Waals surface area contributed by atoms with Crippen molar-refractivity contribution in [1.82, 2.24) is 4.98 Å². The Balaban J connectivity index is 0.000000540. The van der Waals surface area contributed by atoms with Gasteiger partial charge in [-0.05, 0) is 35.2 Å². The Hall–Kier alpha value is -4.35. The van der Waals surface area contributed by atoms with Gasteiger partial charge in [0.15, 0.2) is 11.5 Å². The van der Waals surface area contributed by atoms with E-state index in [1.54, 1.807) is 36.4 Å². The second kappa shape index (κ2) is 11.2. The number of aromatic nitrogens is 1. The highest BCUT2D eigenvalue weighted by atomic mass is 19.4. The molecule has 186 valence electrons. The van der Waals surface area contributed by atoms with Crippen molar-refractivity contribution in [1.29, 1.82) is 0 Å². The summed E-state index contributed by atoms with van der Waals surface area (Å²) in [5.74, 6) is -2.03. The van der Waals surface area contributed by atoms with Crippen molar-refractivity contribution in [2.45, 2.75) is 12.6 Å². The van der Waals surface area contributed by atoms with E-state index in [1.807, 2.05) is 0 Å². The first kappa shape index (κ1) is 26.9. The number of alkyl halides is 3. The van der Waals surface area contributed by atoms with E-state index in [0.29, 0.717) is 39.1 Å². The molecular formula is C23H21F3N2O7. The molecule has 0 aliphatic carbocycles. The minimum Gasteiger partial charge on any atom is -0.497 e. The van der Waals surface area contributed by atoms with Crippen LogP contribution in [0.2, 0.25) is 0 Å². The van der Waals surface area contributed by atoms with Crippen molar-refractivity contribution < 1.29 is 46.9 Å². The molecule has 2 aromatic carbocycles. The van der Waals surface area contributed by atoms with Crippen LogP contribution in [0.25, 0.3) is 10.8 Å². The van der Waals surface area contributed by atoms with E-state index in [2.05, 4.69) is 4.98 Å². The maximum atomic E-state index is 13.1. The number of benzene rings is 2. The van der Waals surface area contributed by atoms with E-state index >= 15 is 0 Å². The van der Waals surface area contributed by atoms with E-state index < -0.39 is 18.1 Å². The number of fused-ring (bicyclic) bond motifs is 1. The van der Waals surface area contributed by atoms with Crippen molar-refractivity contribution in [2.24, 2.45) is 5.73 Å². The number of carbonyl (C=O) groups is 3. The third-order valence-electron chi connectivity index (χ3n) is 4.63. The molecule has 3 rings (SSSR count). The number of methoxy groups -OCH3 is 3. The smallest absolute Gasteiger partial charge is 0.490 e. The van der Waals surface area contributed by atoms with Crippen molar-refractivity contribution in [3.63, 3.8) is 0 Å². The molecule has 35 heavy (non-hydrogen) atoms. The van der Waals surface area contributed by atoms with Crippen molar-refractivity contribution >= 4 is 28.4 Å². The molecular weight excluding hydrogens is 473 g/mol. The third kappa shape index (κ3) is 6.59. The van der Waals surface area contributed by atoms with E-state index in [-0.39, 0.29) is 17.9 Å². The lowest BCUT2D eigenvalue weighted by Gasteiger charge is -2.14. The molecule has 0 fully saturated rings. The lowest BCUT2D eigenvalue weighted by atomic mass is 9.97.